The maximum Gasteiger partial charge on any atom is 0.524 e. The largest absolute Gasteiger partial charge is 0.524 e. The molecule has 0 aliphatic carbocycles. The Kier molecular flexibility index (Phi) is 3.93. The summed E-state index contributed by atoms with van der Waals surface area (Å²) >= 11 is 0. The summed E-state index contributed by atoms with van der Waals surface area (Å²) in [6.45, 7) is 5.39. The van der Waals surface area contributed by atoms with Crippen LogP contribution in [0.15, 0.2) is 0 Å². The lowest BCUT2D eigenvalue weighted by atomic mass is 10.0. The number of rotatable bonds is 3. The third-order valence-corrected chi connectivity index (χ3v) is 1.85. The van der Waals surface area contributed by atoms with Crippen molar-refractivity contribution < 1.29 is 22.7 Å². The maximum absolute atomic E-state index is 12.0. The number of nitrogens with one attached hydrogen (secondary N) is 1. The molecular formula is C8H14F3NO2. The van der Waals surface area contributed by atoms with Crippen LogP contribution in [-0.2, 0) is 9.53 Å². The van der Waals surface area contributed by atoms with Gasteiger partial charge in [-0.05, 0) is 6.92 Å². The standard InChI is InChI=1S/C8H14F3NO2/c1-5(2)7(4,12-6(3)13)14-8(9,10)11/h5H,1-4H3,(H,12,13). The van der Waals surface area contributed by atoms with E-state index in [2.05, 4.69) is 10.1 Å². The Hall–Kier alpha value is -0.780. The zero-order valence-electron chi connectivity index (χ0n) is 8.53. The molecule has 0 radical (unpaired) electrons. The molecule has 1 unspecified atom stereocenters. The molecule has 0 bridgehead atoms. The van der Waals surface area contributed by atoms with E-state index in [0.717, 1.165) is 6.92 Å². The van der Waals surface area contributed by atoms with Gasteiger partial charge in [-0.2, -0.15) is 0 Å². The maximum atomic E-state index is 12.0. The molecule has 0 aliphatic rings. The third kappa shape index (κ3) is 4.45. The number of halogens is 3. The number of carbonyl (C=O) groups excluding carboxylic acids is 1. The second kappa shape index (κ2) is 4.16. The van der Waals surface area contributed by atoms with Gasteiger partial charge in [-0.3, -0.25) is 9.53 Å². The van der Waals surface area contributed by atoms with Crippen molar-refractivity contribution in [3.05, 3.63) is 0 Å². The molecule has 0 saturated heterocycles. The fourth-order valence-electron chi connectivity index (χ4n) is 0.878. The van der Waals surface area contributed by atoms with Crippen molar-refractivity contribution in [3.8, 4) is 0 Å². The van der Waals surface area contributed by atoms with Crippen LogP contribution in [0.4, 0.5) is 13.2 Å². The molecule has 0 aromatic rings. The van der Waals surface area contributed by atoms with E-state index in [9.17, 15) is 18.0 Å². The van der Waals surface area contributed by atoms with Crippen LogP contribution in [0.1, 0.15) is 27.7 Å². The summed E-state index contributed by atoms with van der Waals surface area (Å²) in [4.78, 5) is 10.7. The molecule has 1 N–H and O–H groups in total. The lowest BCUT2D eigenvalue weighted by Crippen LogP contribution is -2.53. The summed E-state index contributed by atoms with van der Waals surface area (Å²) < 4.78 is 39.8. The second-order valence-electron chi connectivity index (χ2n) is 3.49. The molecule has 0 fully saturated rings. The Bertz CT molecular complexity index is 215. The molecule has 84 valence electrons. The molecule has 0 aromatic carbocycles. The van der Waals surface area contributed by atoms with E-state index in [-0.39, 0.29) is 0 Å². The SMILES string of the molecule is CC(=O)NC(C)(OC(F)(F)F)C(C)C. The molecule has 0 aliphatic heterocycles. The summed E-state index contributed by atoms with van der Waals surface area (Å²) in [5.41, 5.74) is -1.72. The molecular weight excluding hydrogens is 199 g/mol. The van der Waals surface area contributed by atoms with Crippen molar-refractivity contribution in [3.63, 3.8) is 0 Å². The van der Waals surface area contributed by atoms with Gasteiger partial charge in [0.15, 0.2) is 0 Å². The van der Waals surface area contributed by atoms with E-state index in [1.807, 2.05) is 0 Å². The Labute approximate surface area is 80.6 Å². The van der Waals surface area contributed by atoms with Crippen molar-refractivity contribution in [2.24, 2.45) is 5.92 Å². The van der Waals surface area contributed by atoms with Crippen LogP contribution in [0.5, 0.6) is 0 Å². The number of hydrogen-bond donors (Lipinski definition) is 1. The molecule has 0 aromatic heterocycles. The van der Waals surface area contributed by atoms with Gasteiger partial charge < -0.3 is 5.32 Å². The van der Waals surface area contributed by atoms with Crippen molar-refractivity contribution in [1.29, 1.82) is 0 Å². The van der Waals surface area contributed by atoms with Crippen LogP contribution < -0.4 is 5.32 Å². The van der Waals surface area contributed by atoms with Gasteiger partial charge >= 0.3 is 6.36 Å². The predicted molar refractivity (Wildman–Crippen MR) is 44.2 cm³/mol. The predicted octanol–water partition coefficient (Wildman–Crippen LogP) is 2.03. The lowest BCUT2D eigenvalue weighted by Gasteiger charge is -2.34. The fourth-order valence-corrected chi connectivity index (χ4v) is 0.878. The molecule has 0 rings (SSSR count). The minimum Gasteiger partial charge on any atom is -0.328 e. The quantitative estimate of drug-likeness (QED) is 0.728. The first-order chi connectivity index (χ1) is 6.07. The average molecular weight is 213 g/mol. The Morgan fingerprint density at radius 1 is 1.36 bits per heavy atom. The summed E-state index contributed by atoms with van der Waals surface area (Å²) in [7, 11) is 0. The summed E-state index contributed by atoms with van der Waals surface area (Å²) in [5.74, 6) is -1.06. The van der Waals surface area contributed by atoms with Crippen molar-refractivity contribution in [1.82, 2.24) is 5.32 Å². The molecule has 0 saturated carbocycles. The fraction of sp³-hybridized carbons (Fsp3) is 0.875. The monoisotopic (exact) mass is 213 g/mol. The third-order valence-electron chi connectivity index (χ3n) is 1.85. The van der Waals surface area contributed by atoms with Crippen LogP contribution in [0.25, 0.3) is 0 Å². The highest BCUT2D eigenvalue weighted by Gasteiger charge is 2.43. The summed E-state index contributed by atoms with van der Waals surface area (Å²) in [6, 6.07) is 0. The molecule has 0 heterocycles. The molecule has 1 amide bonds. The van der Waals surface area contributed by atoms with Crippen LogP contribution in [0.2, 0.25) is 0 Å². The normalized spacial score (nSPS) is 16.6. The first kappa shape index (κ1) is 13.2. The highest BCUT2D eigenvalue weighted by molar-refractivity contribution is 5.73. The van der Waals surface area contributed by atoms with Crippen LogP contribution >= 0.6 is 0 Å². The highest BCUT2D eigenvalue weighted by atomic mass is 19.4. The van der Waals surface area contributed by atoms with Gasteiger partial charge in [-0.15, -0.1) is 13.2 Å². The minimum absolute atomic E-state index is 0.493. The van der Waals surface area contributed by atoms with Crippen molar-refractivity contribution in [2.45, 2.75) is 39.8 Å². The van der Waals surface area contributed by atoms with Gasteiger partial charge in [0.2, 0.25) is 5.91 Å². The van der Waals surface area contributed by atoms with Gasteiger partial charge in [-0.1, -0.05) is 13.8 Å². The van der Waals surface area contributed by atoms with E-state index in [1.54, 1.807) is 0 Å². The molecule has 14 heavy (non-hydrogen) atoms. The van der Waals surface area contributed by atoms with Gasteiger partial charge in [0.05, 0.1) is 0 Å². The minimum atomic E-state index is -4.76. The second-order valence-corrected chi connectivity index (χ2v) is 3.49. The topological polar surface area (TPSA) is 38.3 Å². The van der Waals surface area contributed by atoms with E-state index in [4.69, 9.17) is 0 Å². The first-order valence-corrected chi connectivity index (χ1v) is 4.12. The smallest absolute Gasteiger partial charge is 0.328 e. The van der Waals surface area contributed by atoms with Gasteiger partial charge in [0.25, 0.3) is 0 Å². The van der Waals surface area contributed by atoms with Gasteiger partial charge in [0, 0.05) is 12.8 Å². The summed E-state index contributed by atoms with van der Waals surface area (Å²) in [6.07, 6.45) is -4.76. The lowest BCUT2D eigenvalue weighted by molar-refractivity contribution is -0.374. The highest BCUT2D eigenvalue weighted by Crippen LogP contribution is 2.28. The van der Waals surface area contributed by atoms with Crippen molar-refractivity contribution >= 4 is 5.91 Å². The van der Waals surface area contributed by atoms with Crippen LogP contribution in [0.3, 0.4) is 0 Å². The zero-order chi connectivity index (χ0) is 11.6. The van der Waals surface area contributed by atoms with Crippen molar-refractivity contribution in [2.75, 3.05) is 0 Å². The number of alkyl halides is 3. The molecule has 3 nitrogen and oxygen atoms in total. The van der Waals surface area contributed by atoms with Crippen LogP contribution in [0, 0.1) is 5.92 Å². The Balaban J connectivity index is 4.64. The summed E-state index contributed by atoms with van der Waals surface area (Å²) in [5, 5.41) is 2.13. The van der Waals surface area contributed by atoms with Gasteiger partial charge in [-0.25, -0.2) is 0 Å². The zero-order valence-corrected chi connectivity index (χ0v) is 8.53. The van der Waals surface area contributed by atoms with Crippen LogP contribution in [-0.4, -0.2) is 18.0 Å². The van der Waals surface area contributed by atoms with E-state index >= 15 is 0 Å². The van der Waals surface area contributed by atoms with E-state index in [1.165, 1.54) is 20.8 Å². The Morgan fingerprint density at radius 2 is 1.79 bits per heavy atom. The Morgan fingerprint density at radius 3 is 2.00 bits per heavy atom. The van der Waals surface area contributed by atoms with E-state index < -0.39 is 23.9 Å². The van der Waals surface area contributed by atoms with E-state index in [0.29, 0.717) is 0 Å². The number of carbonyl (C=O) groups is 1. The molecule has 1 atom stereocenters. The number of hydrogen-bond acceptors (Lipinski definition) is 2. The number of amides is 1. The molecule has 6 heteroatoms. The molecule has 0 spiro atoms. The first-order valence-electron chi connectivity index (χ1n) is 4.12. The number of ether oxygens (including phenoxy) is 1. The van der Waals surface area contributed by atoms with Gasteiger partial charge in [0.1, 0.15) is 5.72 Å². The average Bonchev–Trinajstić information content (AvgIpc) is 1.79.